The number of amides is 2. The van der Waals surface area contributed by atoms with Gasteiger partial charge < -0.3 is 25.8 Å². The summed E-state index contributed by atoms with van der Waals surface area (Å²) in [5.74, 6) is 0.445. The van der Waals surface area contributed by atoms with Crippen LogP contribution in [-0.2, 0) is 27.4 Å². The van der Waals surface area contributed by atoms with Gasteiger partial charge in [0.1, 0.15) is 18.4 Å². The second kappa shape index (κ2) is 14.4. The van der Waals surface area contributed by atoms with Crippen molar-refractivity contribution >= 4 is 11.8 Å². The molecule has 7 nitrogen and oxygen atoms in total. The van der Waals surface area contributed by atoms with Gasteiger partial charge in [-0.25, -0.2) is 0 Å². The third-order valence-electron chi connectivity index (χ3n) is 5.51. The largest absolute Gasteiger partial charge is 0.489 e. The molecule has 0 aromatic heterocycles. The summed E-state index contributed by atoms with van der Waals surface area (Å²) in [6, 6.07) is 16.0. The van der Waals surface area contributed by atoms with Crippen molar-refractivity contribution in [1.29, 1.82) is 0 Å². The Kier molecular flexibility index (Phi) is 11.6. The number of rotatable bonds is 14. The van der Waals surface area contributed by atoms with Gasteiger partial charge in [-0.2, -0.15) is 0 Å². The number of carbonyl (C=O) groups is 2. The lowest BCUT2D eigenvalue weighted by molar-refractivity contribution is -0.130. The highest BCUT2D eigenvalue weighted by molar-refractivity contribution is 5.90. The van der Waals surface area contributed by atoms with E-state index in [2.05, 4.69) is 10.6 Å². The first kappa shape index (κ1) is 27.3. The van der Waals surface area contributed by atoms with Gasteiger partial charge in [-0.1, -0.05) is 63.2 Å². The van der Waals surface area contributed by atoms with Gasteiger partial charge in [0.15, 0.2) is 0 Å². The van der Waals surface area contributed by atoms with E-state index in [9.17, 15) is 9.59 Å². The number of nitrogens with two attached hydrogens (primary N) is 1. The second-order valence-electron chi connectivity index (χ2n) is 8.99. The van der Waals surface area contributed by atoms with Crippen molar-refractivity contribution in [3.63, 3.8) is 0 Å². The lowest BCUT2D eigenvalue weighted by Crippen LogP contribution is -2.54. The highest BCUT2D eigenvalue weighted by atomic mass is 16.5. The summed E-state index contributed by atoms with van der Waals surface area (Å²) >= 11 is 0. The Morgan fingerprint density at radius 2 is 1.62 bits per heavy atom. The lowest BCUT2D eigenvalue weighted by atomic mass is 10.0. The van der Waals surface area contributed by atoms with Crippen molar-refractivity contribution in [2.24, 2.45) is 11.7 Å². The van der Waals surface area contributed by atoms with Gasteiger partial charge in [-0.3, -0.25) is 9.59 Å². The fraction of sp³-hybridized carbons (Fsp3) is 0.481. The Bertz CT molecular complexity index is 871. The molecule has 0 spiro atoms. The van der Waals surface area contributed by atoms with Gasteiger partial charge in [0.25, 0.3) is 0 Å². The van der Waals surface area contributed by atoms with Crippen molar-refractivity contribution in [2.45, 2.75) is 64.8 Å². The molecule has 4 N–H and O–H groups in total. The van der Waals surface area contributed by atoms with Gasteiger partial charge >= 0.3 is 0 Å². The smallest absolute Gasteiger partial charge is 0.243 e. The van der Waals surface area contributed by atoms with Crippen LogP contribution in [0.3, 0.4) is 0 Å². The Labute approximate surface area is 203 Å². The lowest BCUT2D eigenvalue weighted by Gasteiger charge is -2.24. The molecule has 7 heteroatoms. The predicted molar refractivity (Wildman–Crippen MR) is 134 cm³/mol. The molecule has 2 aromatic carbocycles. The minimum Gasteiger partial charge on any atom is -0.489 e. The molecule has 3 unspecified atom stereocenters. The second-order valence-corrected chi connectivity index (χ2v) is 8.99. The van der Waals surface area contributed by atoms with Crippen LogP contribution < -0.4 is 21.1 Å². The van der Waals surface area contributed by atoms with Gasteiger partial charge in [-0.15, -0.1) is 0 Å². The molecule has 0 aliphatic carbocycles. The number of nitrogens with one attached hydrogen (secondary N) is 2. The normalized spacial score (nSPS) is 13.7. The molecule has 3 atom stereocenters. The average molecular weight is 470 g/mol. The van der Waals surface area contributed by atoms with Crippen LogP contribution in [-0.4, -0.2) is 43.7 Å². The maximum absolute atomic E-state index is 13.1. The molecule has 0 radical (unpaired) electrons. The minimum atomic E-state index is -0.743. The van der Waals surface area contributed by atoms with E-state index in [4.69, 9.17) is 15.2 Å². The summed E-state index contributed by atoms with van der Waals surface area (Å²) < 4.78 is 11.0. The third kappa shape index (κ3) is 9.53. The van der Waals surface area contributed by atoms with Crippen molar-refractivity contribution in [3.8, 4) is 5.75 Å². The average Bonchev–Trinajstić information content (AvgIpc) is 2.82. The first-order chi connectivity index (χ1) is 16.3. The molecule has 2 rings (SSSR count). The van der Waals surface area contributed by atoms with Crippen molar-refractivity contribution in [2.75, 3.05) is 13.7 Å². The van der Waals surface area contributed by atoms with E-state index in [1.165, 1.54) is 0 Å². The highest BCUT2D eigenvalue weighted by Crippen LogP contribution is 2.16. The van der Waals surface area contributed by atoms with Gasteiger partial charge in [0.2, 0.25) is 11.8 Å². The zero-order chi connectivity index (χ0) is 24.9. The molecule has 0 fully saturated rings. The Morgan fingerprint density at radius 3 is 2.21 bits per heavy atom. The quantitative estimate of drug-likeness (QED) is 0.394. The molecule has 34 heavy (non-hydrogen) atoms. The number of ether oxygens (including phenoxy) is 2. The van der Waals surface area contributed by atoms with Crippen LogP contribution in [0.25, 0.3) is 0 Å². The molecule has 0 heterocycles. The number of methoxy groups -OCH3 is 1. The van der Waals surface area contributed by atoms with Crippen LogP contribution >= 0.6 is 0 Å². The van der Waals surface area contributed by atoms with Crippen LogP contribution in [0.15, 0.2) is 54.6 Å². The molecule has 0 saturated heterocycles. The number of benzene rings is 2. The topological polar surface area (TPSA) is 103 Å². The van der Waals surface area contributed by atoms with Crippen LogP contribution in [0.1, 0.15) is 44.7 Å². The Balaban J connectivity index is 2.06. The summed E-state index contributed by atoms with van der Waals surface area (Å²) in [6.45, 7) is 6.88. The van der Waals surface area contributed by atoms with Gasteiger partial charge in [-0.05, 0) is 42.0 Å². The molecule has 0 bridgehead atoms. The summed E-state index contributed by atoms with van der Waals surface area (Å²) in [5, 5.41) is 5.83. The van der Waals surface area contributed by atoms with E-state index in [0.717, 1.165) is 23.3 Å². The molecular weight excluding hydrogens is 430 g/mol. The van der Waals surface area contributed by atoms with Crippen molar-refractivity contribution in [3.05, 3.63) is 65.7 Å². The maximum Gasteiger partial charge on any atom is 0.243 e. The number of hydrogen-bond acceptors (Lipinski definition) is 5. The number of hydrogen-bond donors (Lipinski definition) is 3. The maximum atomic E-state index is 13.1. The van der Waals surface area contributed by atoms with Gasteiger partial charge in [0.05, 0.1) is 18.7 Å². The van der Waals surface area contributed by atoms with E-state index in [1.807, 2.05) is 75.4 Å². The fourth-order valence-electron chi connectivity index (χ4n) is 3.57. The Morgan fingerprint density at radius 1 is 0.941 bits per heavy atom. The summed E-state index contributed by atoms with van der Waals surface area (Å²) in [6.07, 6.45) is 1.61. The molecule has 0 saturated carbocycles. The Hall–Kier alpha value is -2.90. The van der Waals surface area contributed by atoms with Crippen molar-refractivity contribution in [1.82, 2.24) is 10.6 Å². The van der Waals surface area contributed by atoms with Crippen LogP contribution in [0.2, 0.25) is 0 Å². The van der Waals surface area contributed by atoms with Crippen LogP contribution in [0, 0.1) is 5.92 Å². The van der Waals surface area contributed by atoms with E-state index >= 15 is 0 Å². The highest BCUT2D eigenvalue weighted by Gasteiger charge is 2.26. The van der Waals surface area contributed by atoms with E-state index in [1.54, 1.807) is 7.11 Å². The molecule has 186 valence electrons. The molecule has 2 aromatic rings. The zero-order valence-corrected chi connectivity index (χ0v) is 20.8. The number of carbonyl (C=O) groups excluding carboxylic acids is 2. The molecule has 0 aliphatic heterocycles. The summed E-state index contributed by atoms with van der Waals surface area (Å²) in [4.78, 5) is 25.7. The minimum absolute atomic E-state index is 0.130. The monoisotopic (exact) mass is 469 g/mol. The zero-order valence-electron chi connectivity index (χ0n) is 20.8. The summed E-state index contributed by atoms with van der Waals surface area (Å²) in [5.41, 5.74) is 8.05. The van der Waals surface area contributed by atoms with E-state index in [0.29, 0.717) is 26.1 Å². The van der Waals surface area contributed by atoms with Crippen LogP contribution in [0.5, 0.6) is 5.75 Å². The van der Waals surface area contributed by atoms with E-state index < -0.39 is 12.1 Å². The van der Waals surface area contributed by atoms with E-state index in [-0.39, 0.29) is 23.8 Å². The predicted octanol–water partition coefficient (Wildman–Crippen LogP) is 3.21. The first-order valence-corrected chi connectivity index (χ1v) is 11.9. The van der Waals surface area contributed by atoms with Crippen LogP contribution in [0.4, 0.5) is 0 Å². The van der Waals surface area contributed by atoms with Crippen molar-refractivity contribution < 1.29 is 19.1 Å². The fourth-order valence-corrected chi connectivity index (χ4v) is 3.57. The SMILES string of the molecule is CCC(COC)NC(=O)C(Cc1ccc(OCc2ccccc2)cc1)NC(=O)C(N)CC(C)C. The standard InChI is InChI=1S/C27H39N3O4/c1-5-22(18-33-4)29-27(32)25(30-26(31)24(28)15-19(2)3)16-20-11-13-23(14-12-20)34-17-21-9-7-6-8-10-21/h6-14,19,22,24-25H,5,15-18,28H2,1-4H3,(H,29,32)(H,30,31). The first-order valence-electron chi connectivity index (χ1n) is 11.9. The molecule has 0 aliphatic rings. The molecular formula is C27H39N3O4. The molecule has 2 amide bonds. The summed E-state index contributed by atoms with van der Waals surface area (Å²) in [7, 11) is 1.60. The van der Waals surface area contributed by atoms with Gasteiger partial charge in [0, 0.05) is 13.5 Å². The third-order valence-corrected chi connectivity index (χ3v) is 5.51.